The molecule has 1 aliphatic rings. The van der Waals surface area contributed by atoms with Gasteiger partial charge in [-0.3, -0.25) is 0 Å². The summed E-state index contributed by atoms with van der Waals surface area (Å²) in [6.07, 6.45) is 4.63. The Labute approximate surface area is 69.2 Å². The molecule has 1 aliphatic carbocycles. The molecular weight excluding hydrogens is 138 g/mol. The van der Waals surface area contributed by atoms with Gasteiger partial charge in [-0.2, -0.15) is 0 Å². The molecule has 0 aromatic rings. The van der Waals surface area contributed by atoms with Crippen molar-refractivity contribution in [1.29, 1.82) is 0 Å². The van der Waals surface area contributed by atoms with Gasteiger partial charge in [0.25, 0.3) is 0 Å². The second-order valence-electron chi connectivity index (χ2n) is 3.85. The smallest absolute Gasteiger partial charge is 0.0568 e. The average Bonchev–Trinajstić information content (AvgIpc) is 2.31. The summed E-state index contributed by atoms with van der Waals surface area (Å²) < 4.78 is 0. The zero-order valence-electron chi connectivity index (χ0n) is 7.58. The summed E-state index contributed by atoms with van der Waals surface area (Å²) in [4.78, 5) is 2.19. The number of hydrogen-bond acceptors (Lipinski definition) is 2. The molecule has 0 aliphatic heterocycles. The van der Waals surface area contributed by atoms with Crippen LogP contribution in [0.1, 0.15) is 25.7 Å². The van der Waals surface area contributed by atoms with Crippen molar-refractivity contribution < 1.29 is 5.11 Å². The summed E-state index contributed by atoms with van der Waals surface area (Å²) in [5.74, 6) is 0.581. The van der Waals surface area contributed by atoms with Crippen LogP contribution in [0.2, 0.25) is 0 Å². The van der Waals surface area contributed by atoms with Crippen LogP contribution in [0, 0.1) is 5.92 Å². The first-order valence-electron chi connectivity index (χ1n) is 4.53. The Morgan fingerprint density at radius 2 is 2.09 bits per heavy atom. The fourth-order valence-electron chi connectivity index (χ4n) is 1.78. The average molecular weight is 157 g/mol. The summed E-state index contributed by atoms with van der Waals surface area (Å²) in [6.45, 7) is 1.11. The molecule has 1 rings (SSSR count). The van der Waals surface area contributed by atoms with Gasteiger partial charge < -0.3 is 10.0 Å². The van der Waals surface area contributed by atoms with Crippen molar-refractivity contribution in [2.45, 2.75) is 31.8 Å². The second-order valence-corrected chi connectivity index (χ2v) is 3.85. The van der Waals surface area contributed by atoms with E-state index in [4.69, 9.17) is 0 Å². The number of hydrogen-bond donors (Lipinski definition) is 1. The lowest BCUT2D eigenvalue weighted by Gasteiger charge is -2.16. The summed E-state index contributed by atoms with van der Waals surface area (Å²) in [5.41, 5.74) is 0. The number of nitrogens with zero attached hydrogens (tertiary/aromatic N) is 1. The molecule has 0 radical (unpaired) electrons. The van der Waals surface area contributed by atoms with E-state index in [1.54, 1.807) is 0 Å². The van der Waals surface area contributed by atoms with E-state index in [0.29, 0.717) is 5.92 Å². The van der Waals surface area contributed by atoms with E-state index in [2.05, 4.69) is 19.0 Å². The molecule has 11 heavy (non-hydrogen) atoms. The van der Waals surface area contributed by atoms with E-state index in [-0.39, 0.29) is 6.10 Å². The molecule has 0 aromatic carbocycles. The Hall–Kier alpha value is -0.0800. The molecule has 0 saturated heterocycles. The molecule has 2 atom stereocenters. The fourth-order valence-corrected chi connectivity index (χ4v) is 1.78. The largest absolute Gasteiger partial charge is 0.393 e. The van der Waals surface area contributed by atoms with Gasteiger partial charge >= 0.3 is 0 Å². The molecule has 66 valence electrons. The predicted molar refractivity (Wildman–Crippen MR) is 46.5 cm³/mol. The van der Waals surface area contributed by atoms with Crippen molar-refractivity contribution in [3.05, 3.63) is 0 Å². The summed E-state index contributed by atoms with van der Waals surface area (Å²) in [7, 11) is 4.17. The molecule has 0 bridgehead atoms. The molecule has 1 N–H and O–H groups in total. The lowest BCUT2D eigenvalue weighted by atomic mass is 10.0. The minimum Gasteiger partial charge on any atom is -0.393 e. The van der Waals surface area contributed by atoms with Gasteiger partial charge in [0, 0.05) is 0 Å². The fraction of sp³-hybridized carbons (Fsp3) is 1.00. The maximum atomic E-state index is 9.48. The van der Waals surface area contributed by atoms with Gasteiger partial charge in [-0.15, -0.1) is 0 Å². The summed E-state index contributed by atoms with van der Waals surface area (Å²) in [5, 5.41) is 9.48. The van der Waals surface area contributed by atoms with Gasteiger partial charge in [-0.05, 0) is 45.8 Å². The number of aliphatic hydroxyl groups is 1. The SMILES string of the molecule is CN(C)CC[C@H]1CCC[C@@H]1O. The van der Waals surface area contributed by atoms with Crippen molar-refractivity contribution in [2.75, 3.05) is 20.6 Å². The third kappa shape index (κ3) is 2.80. The minimum absolute atomic E-state index is 0.00468. The van der Waals surface area contributed by atoms with Crippen LogP contribution in [0.25, 0.3) is 0 Å². The van der Waals surface area contributed by atoms with E-state index >= 15 is 0 Å². The molecule has 1 fully saturated rings. The zero-order valence-corrected chi connectivity index (χ0v) is 7.58. The minimum atomic E-state index is -0.00468. The molecule has 2 heteroatoms. The van der Waals surface area contributed by atoms with E-state index in [0.717, 1.165) is 19.4 Å². The number of rotatable bonds is 3. The Bertz CT molecular complexity index is 114. The first kappa shape index (κ1) is 9.01. The third-order valence-electron chi connectivity index (χ3n) is 2.57. The van der Waals surface area contributed by atoms with E-state index in [9.17, 15) is 5.11 Å². The standard InChI is InChI=1S/C9H19NO/c1-10(2)7-6-8-4-3-5-9(8)11/h8-9,11H,3-7H2,1-2H3/t8-,9+/m1/s1. The van der Waals surface area contributed by atoms with Crippen LogP contribution in [0.4, 0.5) is 0 Å². The molecular formula is C9H19NO. The molecule has 0 unspecified atom stereocenters. The van der Waals surface area contributed by atoms with Crippen molar-refractivity contribution in [3.63, 3.8) is 0 Å². The van der Waals surface area contributed by atoms with E-state index in [1.807, 2.05) is 0 Å². The van der Waals surface area contributed by atoms with Gasteiger partial charge in [-0.25, -0.2) is 0 Å². The molecule has 0 amide bonds. The van der Waals surface area contributed by atoms with E-state index in [1.165, 1.54) is 12.8 Å². The summed E-state index contributed by atoms with van der Waals surface area (Å²) in [6, 6.07) is 0. The highest BCUT2D eigenvalue weighted by Crippen LogP contribution is 2.27. The quantitative estimate of drug-likeness (QED) is 0.663. The van der Waals surface area contributed by atoms with Crippen molar-refractivity contribution in [3.8, 4) is 0 Å². The third-order valence-corrected chi connectivity index (χ3v) is 2.57. The Balaban J connectivity index is 2.15. The first-order chi connectivity index (χ1) is 5.20. The monoisotopic (exact) mass is 157 g/mol. The highest BCUT2D eigenvalue weighted by molar-refractivity contribution is 4.76. The zero-order chi connectivity index (χ0) is 8.27. The Morgan fingerprint density at radius 3 is 2.55 bits per heavy atom. The van der Waals surface area contributed by atoms with Crippen LogP contribution in [0.3, 0.4) is 0 Å². The maximum absolute atomic E-state index is 9.48. The molecule has 1 saturated carbocycles. The first-order valence-corrected chi connectivity index (χ1v) is 4.53. The van der Waals surface area contributed by atoms with Crippen molar-refractivity contribution in [1.82, 2.24) is 4.90 Å². The van der Waals surface area contributed by atoms with E-state index < -0.39 is 0 Å². The second kappa shape index (κ2) is 4.07. The predicted octanol–water partition coefficient (Wildman–Crippen LogP) is 1.10. The Morgan fingerprint density at radius 1 is 1.36 bits per heavy atom. The number of aliphatic hydroxyl groups excluding tert-OH is 1. The molecule has 0 aromatic heterocycles. The highest BCUT2D eigenvalue weighted by Gasteiger charge is 2.24. The van der Waals surface area contributed by atoms with Crippen LogP contribution in [-0.2, 0) is 0 Å². The lowest BCUT2D eigenvalue weighted by molar-refractivity contribution is 0.123. The van der Waals surface area contributed by atoms with Gasteiger partial charge in [0.05, 0.1) is 6.10 Å². The van der Waals surface area contributed by atoms with Gasteiger partial charge in [0.2, 0.25) is 0 Å². The van der Waals surface area contributed by atoms with Crippen molar-refractivity contribution >= 4 is 0 Å². The van der Waals surface area contributed by atoms with Gasteiger partial charge in [-0.1, -0.05) is 6.42 Å². The normalized spacial score (nSPS) is 31.6. The van der Waals surface area contributed by atoms with Crippen molar-refractivity contribution in [2.24, 2.45) is 5.92 Å². The summed E-state index contributed by atoms with van der Waals surface area (Å²) >= 11 is 0. The molecule has 2 nitrogen and oxygen atoms in total. The lowest BCUT2D eigenvalue weighted by Crippen LogP contribution is -2.20. The van der Waals surface area contributed by atoms with Gasteiger partial charge in [0.15, 0.2) is 0 Å². The van der Waals surface area contributed by atoms with Gasteiger partial charge in [0.1, 0.15) is 0 Å². The van der Waals surface area contributed by atoms with Crippen LogP contribution >= 0.6 is 0 Å². The van der Waals surface area contributed by atoms with Crippen LogP contribution in [0.5, 0.6) is 0 Å². The van der Waals surface area contributed by atoms with Crippen LogP contribution < -0.4 is 0 Å². The van der Waals surface area contributed by atoms with Crippen LogP contribution in [0.15, 0.2) is 0 Å². The van der Waals surface area contributed by atoms with Crippen LogP contribution in [-0.4, -0.2) is 36.8 Å². The highest BCUT2D eigenvalue weighted by atomic mass is 16.3. The molecule has 0 spiro atoms. The molecule has 0 heterocycles. The topological polar surface area (TPSA) is 23.5 Å². The Kier molecular flexibility index (Phi) is 3.34. The maximum Gasteiger partial charge on any atom is 0.0568 e.